The zero-order valence-corrected chi connectivity index (χ0v) is 32.9. The van der Waals surface area contributed by atoms with E-state index < -0.39 is 52.8 Å². The number of halogens is 3. The third-order valence-corrected chi connectivity index (χ3v) is 9.01. The number of benzene rings is 2. The van der Waals surface area contributed by atoms with Crippen LogP contribution < -0.4 is 34.1 Å². The summed E-state index contributed by atoms with van der Waals surface area (Å²) >= 11 is 0. The van der Waals surface area contributed by atoms with Crippen LogP contribution in [-0.4, -0.2) is 70.3 Å². The molecule has 4 aromatic rings. The molecule has 0 aliphatic heterocycles. The van der Waals surface area contributed by atoms with E-state index in [0.29, 0.717) is 11.3 Å². The van der Waals surface area contributed by atoms with E-state index in [9.17, 15) is 36.3 Å². The van der Waals surface area contributed by atoms with E-state index in [4.69, 9.17) is 10.5 Å². The molecule has 13 nitrogen and oxygen atoms in total. The molecule has 0 saturated carbocycles. The number of carbonyl (C=O) groups excluding carboxylic acids is 1. The maximum absolute atomic E-state index is 13.5. The fraction of sp³-hybridized carbons (Fsp3) is 0.342. The Bertz CT molecular complexity index is 2090. The van der Waals surface area contributed by atoms with Gasteiger partial charge in [0.1, 0.15) is 12.4 Å². The van der Waals surface area contributed by atoms with Crippen molar-refractivity contribution >= 4 is 33.8 Å². The van der Waals surface area contributed by atoms with Gasteiger partial charge >= 0.3 is 31.2 Å². The molecule has 56 heavy (non-hydrogen) atoms. The van der Waals surface area contributed by atoms with Gasteiger partial charge in [0.15, 0.2) is 0 Å². The Morgan fingerprint density at radius 1 is 1.07 bits per heavy atom. The number of hydrogen-bond acceptors (Lipinski definition) is 11. The minimum absolute atomic E-state index is 0. The Kier molecular flexibility index (Phi) is 16.9. The van der Waals surface area contributed by atoms with E-state index in [1.54, 1.807) is 32.1 Å². The van der Waals surface area contributed by atoms with Gasteiger partial charge < -0.3 is 49.9 Å². The smallest absolute Gasteiger partial charge is 0.478 e. The van der Waals surface area contributed by atoms with Crippen molar-refractivity contribution in [2.75, 3.05) is 11.3 Å². The van der Waals surface area contributed by atoms with Crippen molar-refractivity contribution in [2.45, 2.75) is 77.3 Å². The zero-order valence-electron chi connectivity index (χ0n) is 32.1. The van der Waals surface area contributed by atoms with Gasteiger partial charge in [0.2, 0.25) is 11.8 Å². The quantitative estimate of drug-likeness (QED) is 0.0845. The molecule has 0 spiro atoms. The third kappa shape index (κ3) is 14.1. The molecule has 0 fully saturated rings. The molecule has 0 aliphatic rings. The number of aryl methyl sites for hydroxylation is 2. The van der Waals surface area contributed by atoms with Crippen LogP contribution >= 0.6 is 0 Å². The summed E-state index contributed by atoms with van der Waals surface area (Å²) in [5, 5.41) is 9.32. The molecule has 0 saturated heterocycles. The molecule has 2 aromatic heterocycles. The number of hydrogen-bond donors (Lipinski definition) is 3. The minimum Gasteiger partial charge on any atom is -0.478 e. The van der Waals surface area contributed by atoms with Crippen molar-refractivity contribution in [3.8, 4) is 17.1 Å². The van der Waals surface area contributed by atoms with Gasteiger partial charge in [-0.3, -0.25) is 4.74 Å². The molecule has 4 N–H and O–H groups in total. The van der Waals surface area contributed by atoms with Gasteiger partial charge in [0.25, 0.3) is 10.0 Å². The van der Waals surface area contributed by atoms with E-state index >= 15 is 0 Å². The Hall–Kier alpha value is -4.66. The fourth-order valence-electron chi connectivity index (χ4n) is 5.07. The molecule has 0 amide bonds. The SMILES string of the molecule is Cc1cccc(C)c1-c1cc(OC[C@H](N)[C@@H](CCCC(=O)c2cnc(C=[C-]C(C)(C)C)[c-]n2)OC(F)(F)F)nc(NS(=O)(=O)c2cccc(C(=O)O)c2)n1.[CH3-].[Li+]. The number of anilines is 1. The molecular formula is C38H42F3LiN6O7S-2. The van der Waals surface area contributed by atoms with Crippen LogP contribution in [0.25, 0.3) is 17.3 Å². The summed E-state index contributed by atoms with van der Waals surface area (Å²) < 4.78 is 79.2. The van der Waals surface area contributed by atoms with Crippen LogP contribution in [0.15, 0.2) is 59.6 Å². The van der Waals surface area contributed by atoms with Crippen LogP contribution in [0, 0.1) is 39.0 Å². The first-order valence-electron chi connectivity index (χ1n) is 16.5. The van der Waals surface area contributed by atoms with Crippen molar-refractivity contribution in [1.82, 2.24) is 19.9 Å². The van der Waals surface area contributed by atoms with Crippen molar-refractivity contribution in [1.29, 1.82) is 0 Å². The summed E-state index contributed by atoms with van der Waals surface area (Å²) in [6.45, 7) is 8.87. The Labute approximate surface area is 336 Å². The minimum atomic E-state index is -5.06. The molecule has 4 rings (SSSR count). The van der Waals surface area contributed by atoms with Crippen LogP contribution in [0.4, 0.5) is 19.1 Å². The number of aromatic nitrogens is 4. The number of sulfonamides is 1. The first kappa shape index (κ1) is 47.5. The number of allylic oxidation sites excluding steroid dienone is 1. The van der Waals surface area contributed by atoms with Gasteiger partial charge in [-0.05, 0) is 62.2 Å². The summed E-state index contributed by atoms with van der Waals surface area (Å²) in [6.07, 6.45) is 1.38. The van der Waals surface area contributed by atoms with Crippen LogP contribution in [0.3, 0.4) is 0 Å². The summed E-state index contributed by atoms with van der Waals surface area (Å²) in [5.74, 6) is -2.50. The largest absolute Gasteiger partial charge is 1.00 e. The monoisotopic (exact) mass is 790 g/mol. The first-order chi connectivity index (χ1) is 25.2. The van der Waals surface area contributed by atoms with E-state index in [2.05, 4.69) is 41.7 Å². The number of carboxylic acids is 1. The van der Waals surface area contributed by atoms with Gasteiger partial charge in [-0.25, -0.2) is 22.9 Å². The first-order valence-corrected chi connectivity index (χ1v) is 18.0. The van der Waals surface area contributed by atoms with Crippen LogP contribution in [0.1, 0.15) is 77.7 Å². The van der Waals surface area contributed by atoms with E-state index in [-0.39, 0.29) is 78.7 Å². The van der Waals surface area contributed by atoms with Crippen LogP contribution in [-0.2, 0) is 14.8 Å². The average molecular weight is 791 g/mol. The summed E-state index contributed by atoms with van der Waals surface area (Å²) in [5.41, 5.74) is 8.38. The number of aromatic carboxylic acids is 1. The topological polar surface area (TPSA) is 197 Å². The van der Waals surface area contributed by atoms with Gasteiger partial charge in [0.05, 0.1) is 28.3 Å². The van der Waals surface area contributed by atoms with Crippen molar-refractivity contribution in [3.05, 3.63) is 103 Å². The predicted octanol–water partition coefficient (Wildman–Crippen LogP) is 3.83. The van der Waals surface area contributed by atoms with Gasteiger partial charge in [0, 0.05) is 23.7 Å². The predicted molar refractivity (Wildman–Crippen MR) is 198 cm³/mol. The van der Waals surface area contributed by atoms with Crippen LogP contribution in [0.2, 0.25) is 0 Å². The van der Waals surface area contributed by atoms with E-state index in [1.165, 1.54) is 30.5 Å². The molecule has 2 atom stereocenters. The second-order valence-electron chi connectivity index (χ2n) is 13.3. The second kappa shape index (κ2) is 20.0. The number of ether oxygens (including phenoxy) is 2. The summed E-state index contributed by atoms with van der Waals surface area (Å²) in [4.78, 5) is 40.4. The number of alkyl halides is 3. The maximum Gasteiger partial charge on any atom is 1.00 e. The number of nitrogens with one attached hydrogen (secondary N) is 1. The molecule has 18 heteroatoms. The standard InChI is InChI=1S/C37H39F3N6O7S.CH3.Li/c1-22-9-6-10-23(2)33(22)28-18-32(45-35(44-28)46-54(50,51)26-12-7-11-24(17-26)34(48)49)52-21-27(41)31(53-37(38,39)40)14-8-13-30(47)29-20-42-25(19-43-29)15-16-36(3,4)5;;/h6-7,9-12,15,17-18,20,27,31H,8,13-14,21,41H2,1-5H3,(H,48,49)(H,44,45,46);1H3;/q-2;-1;+1/t27-,31+;;/m0../s1. The van der Waals surface area contributed by atoms with Gasteiger partial charge in [-0.15, -0.1) is 18.6 Å². The number of nitrogens with zero attached hydrogens (tertiary/aromatic N) is 4. The summed E-state index contributed by atoms with van der Waals surface area (Å²) in [7, 11) is -4.42. The maximum atomic E-state index is 13.5. The summed E-state index contributed by atoms with van der Waals surface area (Å²) in [6, 6.07) is 10.0. The number of rotatable bonds is 16. The Morgan fingerprint density at radius 2 is 1.73 bits per heavy atom. The number of ketones is 1. The molecule has 2 heterocycles. The average Bonchev–Trinajstić information content (AvgIpc) is 3.08. The van der Waals surface area contributed by atoms with E-state index in [0.717, 1.165) is 17.2 Å². The fourth-order valence-corrected chi connectivity index (χ4v) is 6.06. The molecule has 0 radical (unpaired) electrons. The van der Waals surface area contributed by atoms with E-state index in [1.807, 2.05) is 26.8 Å². The normalized spacial score (nSPS) is 12.9. The second-order valence-corrected chi connectivity index (χ2v) is 15.0. The molecule has 0 unspecified atom stereocenters. The molecule has 2 aromatic carbocycles. The van der Waals surface area contributed by atoms with Crippen molar-refractivity contribution < 1.29 is 64.6 Å². The number of carbonyl (C=O) groups is 2. The Balaban J connectivity index is 0.00000541. The molecule has 296 valence electrons. The third-order valence-electron chi connectivity index (χ3n) is 7.68. The Morgan fingerprint density at radius 3 is 2.32 bits per heavy atom. The molecular weight excluding hydrogens is 748 g/mol. The number of Topliss-reactive ketones (excluding diaryl/α,β-unsaturated/α-hetero) is 1. The van der Waals surface area contributed by atoms with Gasteiger partial charge in [-0.2, -0.15) is 16.9 Å². The molecule has 0 bridgehead atoms. The number of carboxylic acid groups (broad SMARTS) is 1. The van der Waals surface area contributed by atoms with Crippen molar-refractivity contribution in [2.24, 2.45) is 11.1 Å². The zero-order chi connectivity index (χ0) is 39.8. The van der Waals surface area contributed by atoms with Gasteiger partial charge in [-0.1, -0.05) is 45.0 Å². The van der Waals surface area contributed by atoms with Crippen LogP contribution in [0.5, 0.6) is 5.88 Å². The van der Waals surface area contributed by atoms with Crippen molar-refractivity contribution in [3.63, 3.8) is 0 Å². The molecule has 0 aliphatic carbocycles. The number of nitrogens with two attached hydrogens (primary N) is 1.